The molecule has 1 heterocycles. The van der Waals surface area contributed by atoms with E-state index in [1.807, 2.05) is 0 Å². The molecule has 0 aliphatic rings. The molecular formula is C19H16FN3O4S2. The number of thiophene rings is 1. The summed E-state index contributed by atoms with van der Waals surface area (Å²) in [6.45, 7) is -0.199. The standard InChI is InChI=1S/C19H16FN3O4S2/c20-13-3-9-16(10-4-13)29(26,27)23-15-7-5-14(6-8-15)22-18(24)12-21-19(25)17-2-1-11-28-17/h1-11,23H,12H2,(H,21,25)(H,22,24). The molecule has 0 saturated carbocycles. The lowest BCUT2D eigenvalue weighted by molar-refractivity contribution is -0.115. The van der Waals surface area contributed by atoms with Crippen LogP contribution in [0.2, 0.25) is 0 Å². The number of sulfonamides is 1. The maximum absolute atomic E-state index is 12.9. The summed E-state index contributed by atoms with van der Waals surface area (Å²) in [5, 5.41) is 6.88. The third kappa shape index (κ3) is 5.62. The van der Waals surface area contributed by atoms with E-state index in [9.17, 15) is 22.4 Å². The van der Waals surface area contributed by atoms with Crippen molar-refractivity contribution in [1.29, 1.82) is 0 Å². The summed E-state index contributed by atoms with van der Waals surface area (Å²) in [5.41, 5.74) is 0.712. The number of hydrogen-bond donors (Lipinski definition) is 3. The lowest BCUT2D eigenvalue weighted by Gasteiger charge is -2.10. The van der Waals surface area contributed by atoms with Crippen LogP contribution in [0.15, 0.2) is 70.9 Å². The van der Waals surface area contributed by atoms with Gasteiger partial charge in [-0.15, -0.1) is 11.3 Å². The second kappa shape index (κ2) is 8.84. The first-order valence-corrected chi connectivity index (χ1v) is 10.7. The fourth-order valence-corrected chi connectivity index (χ4v) is 4.01. The van der Waals surface area contributed by atoms with Gasteiger partial charge in [-0.05, 0) is 60.0 Å². The molecule has 2 amide bonds. The second-order valence-corrected chi connectivity index (χ2v) is 8.48. The van der Waals surface area contributed by atoms with Crippen LogP contribution in [0, 0.1) is 5.82 Å². The summed E-state index contributed by atoms with van der Waals surface area (Å²) in [6.07, 6.45) is 0. The average molecular weight is 433 g/mol. The third-order valence-electron chi connectivity index (χ3n) is 3.70. The normalized spacial score (nSPS) is 10.9. The van der Waals surface area contributed by atoms with Crippen molar-refractivity contribution in [1.82, 2.24) is 5.32 Å². The summed E-state index contributed by atoms with van der Waals surface area (Å²) in [4.78, 5) is 24.2. The Morgan fingerprint density at radius 2 is 1.59 bits per heavy atom. The van der Waals surface area contributed by atoms with Gasteiger partial charge in [0.05, 0.1) is 16.3 Å². The smallest absolute Gasteiger partial charge is 0.261 e. The minimum atomic E-state index is -3.86. The summed E-state index contributed by atoms with van der Waals surface area (Å²) in [6, 6.07) is 13.8. The number of amides is 2. The van der Waals surface area contributed by atoms with E-state index in [1.165, 1.54) is 35.6 Å². The van der Waals surface area contributed by atoms with Crippen molar-refractivity contribution in [2.24, 2.45) is 0 Å². The molecule has 29 heavy (non-hydrogen) atoms. The highest BCUT2D eigenvalue weighted by Gasteiger charge is 2.14. The van der Waals surface area contributed by atoms with Crippen LogP contribution in [0.5, 0.6) is 0 Å². The van der Waals surface area contributed by atoms with E-state index < -0.39 is 21.7 Å². The van der Waals surface area contributed by atoms with Crippen LogP contribution >= 0.6 is 11.3 Å². The Labute approximate surface area is 170 Å². The first-order valence-electron chi connectivity index (χ1n) is 8.33. The van der Waals surface area contributed by atoms with Crippen LogP contribution in [-0.4, -0.2) is 26.8 Å². The predicted octanol–water partition coefficient (Wildman–Crippen LogP) is 3.06. The zero-order valence-electron chi connectivity index (χ0n) is 14.9. The molecule has 3 N–H and O–H groups in total. The molecule has 0 aliphatic carbocycles. The first kappa shape index (κ1) is 20.5. The monoisotopic (exact) mass is 433 g/mol. The van der Waals surface area contributed by atoms with Crippen molar-refractivity contribution >= 4 is 44.5 Å². The van der Waals surface area contributed by atoms with Gasteiger partial charge in [-0.2, -0.15) is 0 Å². The molecule has 0 atom stereocenters. The van der Waals surface area contributed by atoms with Gasteiger partial charge in [-0.1, -0.05) is 6.07 Å². The molecule has 0 saturated heterocycles. The van der Waals surface area contributed by atoms with Crippen molar-refractivity contribution in [2.75, 3.05) is 16.6 Å². The van der Waals surface area contributed by atoms with Crippen LogP contribution in [0.25, 0.3) is 0 Å². The second-order valence-electron chi connectivity index (χ2n) is 5.84. The Hall–Kier alpha value is -3.24. The fourth-order valence-electron chi connectivity index (χ4n) is 2.31. The summed E-state index contributed by atoms with van der Waals surface area (Å²) < 4.78 is 39.9. The molecule has 0 spiro atoms. The largest absolute Gasteiger partial charge is 0.342 e. The zero-order chi connectivity index (χ0) is 20.9. The lowest BCUT2D eigenvalue weighted by Crippen LogP contribution is -2.32. The summed E-state index contributed by atoms with van der Waals surface area (Å²) >= 11 is 1.27. The molecule has 7 nitrogen and oxygen atoms in total. The molecule has 0 radical (unpaired) electrons. The van der Waals surface area contributed by atoms with E-state index in [0.29, 0.717) is 10.6 Å². The number of benzene rings is 2. The molecule has 1 aromatic heterocycles. The molecule has 0 fully saturated rings. The predicted molar refractivity (Wildman–Crippen MR) is 109 cm³/mol. The van der Waals surface area contributed by atoms with Crippen molar-refractivity contribution < 1.29 is 22.4 Å². The molecule has 150 valence electrons. The molecular weight excluding hydrogens is 417 g/mol. The number of rotatable bonds is 7. The molecule has 0 aliphatic heterocycles. The highest BCUT2D eigenvalue weighted by atomic mass is 32.2. The number of carbonyl (C=O) groups excluding carboxylic acids is 2. The van der Waals surface area contributed by atoms with E-state index in [4.69, 9.17) is 0 Å². The maximum atomic E-state index is 12.9. The van der Waals surface area contributed by atoms with E-state index in [-0.39, 0.29) is 23.0 Å². The number of carbonyl (C=O) groups is 2. The Kier molecular flexibility index (Phi) is 6.25. The Morgan fingerprint density at radius 1 is 0.931 bits per heavy atom. The quantitative estimate of drug-likeness (QED) is 0.533. The lowest BCUT2D eigenvalue weighted by atomic mass is 10.3. The van der Waals surface area contributed by atoms with Crippen LogP contribution < -0.4 is 15.4 Å². The first-order chi connectivity index (χ1) is 13.8. The van der Waals surface area contributed by atoms with Crippen molar-refractivity contribution in [3.05, 3.63) is 76.7 Å². The summed E-state index contributed by atoms with van der Waals surface area (Å²) in [5.74, 6) is -1.29. The highest BCUT2D eigenvalue weighted by Crippen LogP contribution is 2.18. The fraction of sp³-hybridized carbons (Fsp3) is 0.0526. The van der Waals surface area contributed by atoms with Crippen LogP contribution in [0.1, 0.15) is 9.67 Å². The Morgan fingerprint density at radius 3 is 2.21 bits per heavy atom. The van der Waals surface area contributed by atoms with E-state index in [1.54, 1.807) is 17.5 Å². The average Bonchev–Trinajstić information content (AvgIpc) is 3.23. The van der Waals surface area contributed by atoms with Crippen LogP contribution in [0.4, 0.5) is 15.8 Å². The zero-order valence-corrected chi connectivity index (χ0v) is 16.5. The minimum Gasteiger partial charge on any atom is -0.342 e. The number of halogens is 1. The van der Waals surface area contributed by atoms with Gasteiger partial charge in [0.2, 0.25) is 5.91 Å². The van der Waals surface area contributed by atoms with Crippen molar-refractivity contribution in [3.63, 3.8) is 0 Å². The van der Waals surface area contributed by atoms with Crippen LogP contribution in [-0.2, 0) is 14.8 Å². The van der Waals surface area contributed by atoms with Gasteiger partial charge in [0, 0.05) is 11.4 Å². The topological polar surface area (TPSA) is 104 Å². The van der Waals surface area contributed by atoms with Crippen molar-refractivity contribution in [2.45, 2.75) is 4.90 Å². The van der Waals surface area contributed by atoms with Gasteiger partial charge in [-0.25, -0.2) is 12.8 Å². The molecule has 2 aromatic carbocycles. The SMILES string of the molecule is O=C(CNC(=O)c1cccs1)Nc1ccc(NS(=O)(=O)c2ccc(F)cc2)cc1. The number of hydrogen-bond acceptors (Lipinski definition) is 5. The van der Waals surface area contributed by atoms with Gasteiger partial charge in [-0.3, -0.25) is 14.3 Å². The minimum absolute atomic E-state index is 0.0715. The van der Waals surface area contributed by atoms with E-state index in [2.05, 4.69) is 15.4 Å². The van der Waals surface area contributed by atoms with Gasteiger partial charge in [0.25, 0.3) is 15.9 Å². The van der Waals surface area contributed by atoms with Gasteiger partial charge in [0.1, 0.15) is 5.82 Å². The maximum Gasteiger partial charge on any atom is 0.261 e. The number of nitrogens with one attached hydrogen (secondary N) is 3. The Bertz CT molecular complexity index is 1100. The third-order valence-corrected chi connectivity index (χ3v) is 5.97. The van der Waals surface area contributed by atoms with Gasteiger partial charge < -0.3 is 10.6 Å². The van der Waals surface area contributed by atoms with E-state index >= 15 is 0 Å². The molecule has 0 bridgehead atoms. The summed E-state index contributed by atoms with van der Waals surface area (Å²) in [7, 11) is -3.86. The van der Waals surface area contributed by atoms with Crippen molar-refractivity contribution in [3.8, 4) is 0 Å². The van der Waals surface area contributed by atoms with Gasteiger partial charge in [0.15, 0.2) is 0 Å². The number of anilines is 2. The molecule has 10 heteroatoms. The molecule has 3 aromatic rings. The molecule has 3 rings (SSSR count). The Balaban J connectivity index is 1.55. The van der Waals surface area contributed by atoms with Gasteiger partial charge >= 0.3 is 0 Å². The highest BCUT2D eigenvalue weighted by molar-refractivity contribution is 7.92. The van der Waals surface area contributed by atoms with Crippen LogP contribution in [0.3, 0.4) is 0 Å². The molecule has 0 unspecified atom stereocenters. The van der Waals surface area contributed by atoms with E-state index in [0.717, 1.165) is 24.3 Å².